The smallest absolute Gasteiger partial charge is 0.226 e. The van der Waals surface area contributed by atoms with Crippen molar-refractivity contribution in [2.75, 3.05) is 0 Å². The van der Waals surface area contributed by atoms with Crippen LogP contribution in [0.1, 0.15) is 11.5 Å². The van der Waals surface area contributed by atoms with Gasteiger partial charge >= 0.3 is 0 Å². The summed E-state index contributed by atoms with van der Waals surface area (Å²) in [6.45, 7) is 1.85. The zero-order chi connectivity index (χ0) is 10.7. The van der Waals surface area contributed by atoms with Gasteiger partial charge in [-0.1, -0.05) is 18.2 Å². The molecule has 1 heterocycles. The first kappa shape index (κ1) is 9.47. The largest absolute Gasteiger partial charge is 0.440 e. The number of rotatable bonds is 2. The summed E-state index contributed by atoms with van der Waals surface area (Å²) in [6, 6.07) is 11.7. The van der Waals surface area contributed by atoms with E-state index in [1.165, 1.54) is 0 Å². The molecule has 1 aromatic heterocycles. The van der Waals surface area contributed by atoms with Gasteiger partial charge in [-0.15, -0.1) is 0 Å². The minimum Gasteiger partial charge on any atom is -0.440 e. The van der Waals surface area contributed by atoms with Crippen LogP contribution in [-0.4, -0.2) is 4.98 Å². The molecule has 0 amide bonds. The first-order chi connectivity index (χ1) is 7.31. The van der Waals surface area contributed by atoms with Gasteiger partial charge in [0, 0.05) is 5.56 Å². The summed E-state index contributed by atoms with van der Waals surface area (Å²) in [5, 5.41) is 8.59. The van der Waals surface area contributed by atoms with Crippen molar-refractivity contribution >= 4 is 0 Å². The second-order valence-electron chi connectivity index (χ2n) is 3.23. The molecule has 2 rings (SSSR count). The van der Waals surface area contributed by atoms with Crippen molar-refractivity contribution in [1.29, 1.82) is 5.26 Å². The fourth-order valence-corrected chi connectivity index (χ4v) is 1.37. The van der Waals surface area contributed by atoms with Gasteiger partial charge in [-0.3, -0.25) is 0 Å². The van der Waals surface area contributed by atoms with Crippen LogP contribution in [0.2, 0.25) is 0 Å². The molecule has 0 aliphatic rings. The third-order valence-electron chi connectivity index (χ3n) is 2.15. The maximum absolute atomic E-state index is 8.59. The molecule has 0 saturated heterocycles. The van der Waals surface area contributed by atoms with Crippen LogP contribution in [-0.2, 0) is 6.42 Å². The predicted octanol–water partition coefficient (Wildman–Crippen LogP) is 2.72. The number of aromatic nitrogens is 1. The van der Waals surface area contributed by atoms with E-state index in [4.69, 9.17) is 9.68 Å². The highest BCUT2D eigenvalue weighted by Crippen LogP contribution is 2.21. The van der Waals surface area contributed by atoms with E-state index < -0.39 is 0 Å². The minimum absolute atomic E-state index is 0.270. The summed E-state index contributed by atoms with van der Waals surface area (Å²) in [4.78, 5) is 4.28. The van der Waals surface area contributed by atoms with Gasteiger partial charge < -0.3 is 4.42 Å². The fourth-order valence-electron chi connectivity index (χ4n) is 1.37. The topological polar surface area (TPSA) is 49.8 Å². The number of nitriles is 1. The Labute approximate surface area is 88.0 Å². The van der Waals surface area contributed by atoms with Crippen LogP contribution in [0.4, 0.5) is 0 Å². The van der Waals surface area contributed by atoms with Crippen LogP contribution >= 0.6 is 0 Å². The SMILES string of the molecule is Cc1nc(-c2ccccc2)oc1CC#N. The van der Waals surface area contributed by atoms with E-state index in [1.807, 2.05) is 37.3 Å². The first-order valence-electron chi connectivity index (χ1n) is 4.70. The minimum atomic E-state index is 0.270. The molecule has 0 saturated carbocycles. The van der Waals surface area contributed by atoms with Gasteiger partial charge in [0.05, 0.1) is 18.2 Å². The molecular weight excluding hydrogens is 188 g/mol. The third-order valence-corrected chi connectivity index (χ3v) is 2.15. The van der Waals surface area contributed by atoms with E-state index in [9.17, 15) is 0 Å². The zero-order valence-electron chi connectivity index (χ0n) is 8.40. The van der Waals surface area contributed by atoms with Crippen LogP contribution < -0.4 is 0 Å². The Bertz CT molecular complexity index is 494. The second-order valence-corrected chi connectivity index (χ2v) is 3.23. The van der Waals surface area contributed by atoms with Crippen LogP contribution in [0, 0.1) is 18.3 Å². The lowest BCUT2D eigenvalue weighted by atomic mass is 10.2. The molecule has 0 unspecified atom stereocenters. The molecule has 74 valence electrons. The Morgan fingerprint density at radius 2 is 2.07 bits per heavy atom. The Kier molecular flexibility index (Phi) is 2.51. The highest BCUT2D eigenvalue weighted by Gasteiger charge is 2.10. The molecule has 0 spiro atoms. The molecule has 0 aliphatic heterocycles. The maximum Gasteiger partial charge on any atom is 0.226 e. The molecule has 0 N–H and O–H groups in total. The van der Waals surface area contributed by atoms with E-state index in [2.05, 4.69) is 11.1 Å². The van der Waals surface area contributed by atoms with E-state index in [-0.39, 0.29) is 6.42 Å². The lowest BCUT2D eigenvalue weighted by Gasteiger charge is -1.92. The van der Waals surface area contributed by atoms with Crippen molar-refractivity contribution in [3.63, 3.8) is 0 Å². The van der Waals surface area contributed by atoms with Gasteiger partial charge in [0.25, 0.3) is 0 Å². The summed E-state index contributed by atoms with van der Waals surface area (Å²) in [5.74, 6) is 1.23. The van der Waals surface area contributed by atoms with Gasteiger partial charge in [-0.05, 0) is 19.1 Å². The molecule has 1 aromatic carbocycles. The quantitative estimate of drug-likeness (QED) is 0.745. The van der Waals surface area contributed by atoms with Crippen LogP contribution in [0.25, 0.3) is 11.5 Å². The monoisotopic (exact) mass is 198 g/mol. The van der Waals surface area contributed by atoms with Crippen molar-refractivity contribution in [1.82, 2.24) is 4.98 Å². The van der Waals surface area contributed by atoms with Crippen LogP contribution in [0.5, 0.6) is 0 Å². The molecule has 3 heteroatoms. The van der Waals surface area contributed by atoms with E-state index in [1.54, 1.807) is 0 Å². The van der Waals surface area contributed by atoms with Gasteiger partial charge in [-0.25, -0.2) is 4.98 Å². The standard InChI is InChI=1S/C12H10N2O/c1-9-11(7-8-13)15-12(14-9)10-5-3-2-4-6-10/h2-6H,7H2,1H3. The molecular formula is C12H10N2O. The highest BCUT2D eigenvalue weighted by atomic mass is 16.4. The molecule has 0 radical (unpaired) electrons. The van der Waals surface area contributed by atoms with Crippen molar-refractivity contribution in [3.05, 3.63) is 41.8 Å². The van der Waals surface area contributed by atoms with E-state index in [0.29, 0.717) is 11.7 Å². The number of oxazole rings is 1. The lowest BCUT2D eigenvalue weighted by molar-refractivity contribution is 0.531. The molecule has 0 atom stereocenters. The van der Waals surface area contributed by atoms with Crippen LogP contribution in [0.15, 0.2) is 34.7 Å². The van der Waals surface area contributed by atoms with E-state index in [0.717, 1.165) is 11.3 Å². The average molecular weight is 198 g/mol. The molecule has 0 fully saturated rings. The number of hydrogen-bond acceptors (Lipinski definition) is 3. The summed E-state index contributed by atoms with van der Waals surface area (Å²) in [7, 11) is 0. The highest BCUT2D eigenvalue weighted by molar-refractivity contribution is 5.53. The summed E-state index contributed by atoms with van der Waals surface area (Å²) in [6.07, 6.45) is 0.270. The Morgan fingerprint density at radius 3 is 2.73 bits per heavy atom. The van der Waals surface area contributed by atoms with Gasteiger partial charge in [0.2, 0.25) is 5.89 Å². The Morgan fingerprint density at radius 1 is 1.33 bits per heavy atom. The lowest BCUT2D eigenvalue weighted by Crippen LogP contribution is -1.80. The van der Waals surface area contributed by atoms with Crippen LogP contribution in [0.3, 0.4) is 0 Å². The molecule has 0 bridgehead atoms. The molecule has 0 aliphatic carbocycles. The summed E-state index contributed by atoms with van der Waals surface area (Å²) in [5.41, 5.74) is 1.72. The van der Waals surface area contributed by atoms with Crippen molar-refractivity contribution in [2.24, 2.45) is 0 Å². The Hall–Kier alpha value is -2.08. The fraction of sp³-hybridized carbons (Fsp3) is 0.167. The number of nitrogens with zero attached hydrogens (tertiary/aromatic N) is 2. The normalized spacial score (nSPS) is 9.87. The Balaban J connectivity index is 2.40. The van der Waals surface area contributed by atoms with Crippen molar-refractivity contribution in [2.45, 2.75) is 13.3 Å². The van der Waals surface area contributed by atoms with Crippen molar-refractivity contribution in [3.8, 4) is 17.5 Å². The second kappa shape index (κ2) is 3.97. The summed E-state index contributed by atoms with van der Waals surface area (Å²) < 4.78 is 5.51. The number of hydrogen-bond donors (Lipinski definition) is 0. The number of aryl methyl sites for hydroxylation is 1. The molecule has 15 heavy (non-hydrogen) atoms. The maximum atomic E-state index is 8.59. The predicted molar refractivity (Wildman–Crippen MR) is 56.0 cm³/mol. The zero-order valence-corrected chi connectivity index (χ0v) is 8.40. The van der Waals surface area contributed by atoms with Crippen molar-refractivity contribution < 1.29 is 4.42 Å². The first-order valence-corrected chi connectivity index (χ1v) is 4.70. The third kappa shape index (κ3) is 1.89. The molecule has 3 nitrogen and oxygen atoms in total. The average Bonchev–Trinajstić information content (AvgIpc) is 2.63. The van der Waals surface area contributed by atoms with Gasteiger partial charge in [0.15, 0.2) is 0 Å². The van der Waals surface area contributed by atoms with Gasteiger partial charge in [0.1, 0.15) is 5.76 Å². The van der Waals surface area contributed by atoms with Gasteiger partial charge in [-0.2, -0.15) is 5.26 Å². The van der Waals surface area contributed by atoms with E-state index >= 15 is 0 Å². The number of benzene rings is 1. The molecule has 2 aromatic rings. The summed E-state index contributed by atoms with van der Waals surface area (Å²) >= 11 is 0.